The Hall–Kier alpha value is -2.46. The number of nitrogens with zero attached hydrogens (tertiary/aromatic N) is 1. The second-order valence-corrected chi connectivity index (χ2v) is 8.84. The quantitative estimate of drug-likeness (QED) is 0.587. The van der Waals surface area contributed by atoms with Gasteiger partial charge in [-0.2, -0.15) is 4.31 Å². The summed E-state index contributed by atoms with van der Waals surface area (Å²) in [6, 6.07) is 6.16. The SMILES string of the molecule is CC(C)NC(=O)CNC(=O)COC(=O)[C@@H]1Cc2ccccc2CN1S(C)(=O)=O. The van der Waals surface area contributed by atoms with E-state index in [0.717, 1.165) is 21.7 Å². The molecule has 10 heteroatoms. The molecule has 0 aliphatic carbocycles. The number of amides is 2. The number of ether oxygens (including phenoxy) is 1. The summed E-state index contributed by atoms with van der Waals surface area (Å²) < 4.78 is 30.3. The van der Waals surface area contributed by atoms with Crippen LogP contribution in [0.2, 0.25) is 0 Å². The number of carbonyl (C=O) groups is 3. The molecule has 0 spiro atoms. The van der Waals surface area contributed by atoms with Crippen LogP contribution in [0.5, 0.6) is 0 Å². The van der Waals surface area contributed by atoms with Crippen LogP contribution in [-0.4, -0.2) is 62.0 Å². The van der Waals surface area contributed by atoms with Crippen molar-refractivity contribution in [2.24, 2.45) is 0 Å². The van der Waals surface area contributed by atoms with Gasteiger partial charge in [-0.25, -0.2) is 8.42 Å². The van der Waals surface area contributed by atoms with E-state index in [2.05, 4.69) is 10.6 Å². The standard InChI is InChI=1S/C18H25N3O6S/c1-12(2)20-16(22)9-19-17(23)11-27-18(24)15-8-13-6-4-5-7-14(13)10-21(15)28(3,25)26/h4-7,12,15H,8-11H2,1-3H3,(H,19,23)(H,20,22)/t15-/m0/s1. The lowest BCUT2D eigenvalue weighted by Gasteiger charge is -2.33. The third-order valence-corrected chi connectivity index (χ3v) is 5.38. The molecule has 0 aromatic heterocycles. The third kappa shape index (κ3) is 6.03. The Balaban J connectivity index is 1.96. The van der Waals surface area contributed by atoms with Gasteiger partial charge < -0.3 is 15.4 Å². The molecule has 0 unspecified atom stereocenters. The number of benzene rings is 1. The van der Waals surface area contributed by atoms with E-state index in [4.69, 9.17) is 4.74 Å². The summed E-state index contributed by atoms with van der Waals surface area (Å²) in [6.45, 7) is 2.81. The molecule has 1 aliphatic heterocycles. The minimum atomic E-state index is -3.66. The van der Waals surface area contributed by atoms with Crippen LogP contribution in [-0.2, 0) is 42.1 Å². The fraction of sp³-hybridized carbons (Fsp3) is 0.500. The molecule has 9 nitrogen and oxygen atoms in total. The zero-order chi connectivity index (χ0) is 20.9. The van der Waals surface area contributed by atoms with Gasteiger partial charge in [0.25, 0.3) is 5.91 Å². The van der Waals surface area contributed by atoms with Gasteiger partial charge in [-0.3, -0.25) is 14.4 Å². The van der Waals surface area contributed by atoms with E-state index >= 15 is 0 Å². The highest BCUT2D eigenvalue weighted by Crippen LogP contribution is 2.26. The lowest BCUT2D eigenvalue weighted by atomic mass is 9.96. The molecule has 2 amide bonds. The first kappa shape index (κ1) is 21.8. The predicted octanol–water partition coefficient (Wildman–Crippen LogP) is -0.443. The smallest absolute Gasteiger partial charge is 0.325 e. The molecule has 0 bridgehead atoms. The van der Waals surface area contributed by atoms with Crippen molar-refractivity contribution < 1.29 is 27.5 Å². The van der Waals surface area contributed by atoms with Crippen molar-refractivity contribution in [1.82, 2.24) is 14.9 Å². The average molecular weight is 411 g/mol. The first-order chi connectivity index (χ1) is 13.1. The van der Waals surface area contributed by atoms with E-state index in [1.807, 2.05) is 18.2 Å². The molecular formula is C18H25N3O6S. The van der Waals surface area contributed by atoms with E-state index in [0.29, 0.717) is 0 Å². The highest BCUT2D eigenvalue weighted by atomic mass is 32.2. The van der Waals surface area contributed by atoms with Crippen LogP contribution >= 0.6 is 0 Å². The Labute approximate surface area is 164 Å². The van der Waals surface area contributed by atoms with Crippen LogP contribution in [0, 0.1) is 0 Å². The number of rotatable bonds is 7. The highest BCUT2D eigenvalue weighted by Gasteiger charge is 2.38. The van der Waals surface area contributed by atoms with Gasteiger partial charge in [-0.15, -0.1) is 0 Å². The average Bonchev–Trinajstić information content (AvgIpc) is 2.62. The molecule has 1 aromatic carbocycles. The molecule has 1 atom stereocenters. The van der Waals surface area contributed by atoms with Crippen LogP contribution in [0.1, 0.15) is 25.0 Å². The number of hydrogen-bond acceptors (Lipinski definition) is 6. The van der Waals surface area contributed by atoms with Gasteiger partial charge in [0.1, 0.15) is 6.04 Å². The summed E-state index contributed by atoms with van der Waals surface area (Å²) in [7, 11) is -3.66. The monoisotopic (exact) mass is 411 g/mol. The number of hydrogen-bond donors (Lipinski definition) is 2. The normalized spacial score (nSPS) is 16.9. The Bertz CT molecular complexity index is 853. The maximum Gasteiger partial charge on any atom is 0.325 e. The number of fused-ring (bicyclic) bond motifs is 1. The maximum atomic E-state index is 12.5. The Kier molecular flexibility index (Phi) is 7.14. The fourth-order valence-corrected chi connectivity index (χ4v) is 3.88. The molecule has 1 aromatic rings. The molecule has 1 aliphatic rings. The lowest BCUT2D eigenvalue weighted by Crippen LogP contribution is -2.49. The summed E-state index contributed by atoms with van der Waals surface area (Å²) >= 11 is 0. The van der Waals surface area contributed by atoms with Gasteiger partial charge >= 0.3 is 5.97 Å². The molecule has 0 saturated carbocycles. The molecule has 2 N–H and O–H groups in total. The van der Waals surface area contributed by atoms with Crippen LogP contribution in [0.25, 0.3) is 0 Å². The van der Waals surface area contributed by atoms with E-state index in [1.54, 1.807) is 19.9 Å². The van der Waals surface area contributed by atoms with Crippen LogP contribution < -0.4 is 10.6 Å². The number of carbonyl (C=O) groups excluding carboxylic acids is 3. The van der Waals surface area contributed by atoms with Crippen molar-refractivity contribution in [3.05, 3.63) is 35.4 Å². The topological polar surface area (TPSA) is 122 Å². The van der Waals surface area contributed by atoms with Crippen LogP contribution in [0.15, 0.2) is 24.3 Å². The molecule has 0 radical (unpaired) electrons. The largest absolute Gasteiger partial charge is 0.454 e. The summed E-state index contributed by atoms with van der Waals surface area (Å²) in [5.74, 6) is -1.81. The molecule has 0 saturated heterocycles. The van der Waals surface area contributed by atoms with Gasteiger partial charge in [0.15, 0.2) is 6.61 Å². The number of sulfonamides is 1. The van der Waals surface area contributed by atoms with E-state index in [1.165, 1.54) is 0 Å². The molecule has 154 valence electrons. The van der Waals surface area contributed by atoms with Gasteiger partial charge in [0, 0.05) is 19.0 Å². The van der Waals surface area contributed by atoms with Crippen molar-refractivity contribution in [1.29, 1.82) is 0 Å². The zero-order valence-corrected chi connectivity index (χ0v) is 16.9. The van der Waals surface area contributed by atoms with Crippen molar-refractivity contribution in [3.63, 3.8) is 0 Å². The first-order valence-corrected chi connectivity index (χ1v) is 10.7. The lowest BCUT2D eigenvalue weighted by molar-refractivity contribution is -0.152. The molecule has 0 fully saturated rings. The minimum Gasteiger partial charge on any atom is -0.454 e. The van der Waals surface area contributed by atoms with Crippen molar-refractivity contribution in [2.45, 2.75) is 38.9 Å². The van der Waals surface area contributed by atoms with Crippen molar-refractivity contribution in [3.8, 4) is 0 Å². The van der Waals surface area contributed by atoms with Gasteiger partial charge in [0.2, 0.25) is 15.9 Å². The number of nitrogens with one attached hydrogen (secondary N) is 2. The summed E-state index contributed by atoms with van der Waals surface area (Å²) in [6.07, 6.45) is 1.20. The minimum absolute atomic E-state index is 0.0571. The Morgan fingerprint density at radius 3 is 2.43 bits per heavy atom. The first-order valence-electron chi connectivity index (χ1n) is 8.84. The second kappa shape index (κ2) is 9.16. The fourth-order valence-electron chi connectivity index (χ4n) is 2.88. The molecule has 28 heavy (non-hydrogen) atoms. The highest BCUT2D eigenvalue weighted by molar-refractivity contribution is 7.88. The number of esters is 1. The maximum absolute atomic E-state index is 12.5. The Morgan fingerprint density at radius 1 is 1.18 bits per heavy atom. The zero-order valence-electron chi connectivity index (χ0n) is 16.1. The third-order valence-electron chi connectivity index (χ3n) is 4.14. The van der Waals surface area contributed by atoms with Gasteiger partial charge in [-0.05, 0) is 25.0 Å². The molecule has 1 heterocycles. The van der Waals surface area contributed by atoms with E-state index in [-0.39, 0.29) is 31.5 Å². The van der Waals surface area contributed by atoms with Gasteiger partial charge in [-0.1, -0.05) is 24.3 Å². The Morgan fingerprint density at radius 2 is 1.82 bits per heavy atom. The predicted molar refractivity (Wildman–Crippen MR) is 102 cm³/mol. The molecule has 2 rings (SSSR count). The van der Waals surface area contributed by atoms with E-state index in [9.17, 15) is 22.8 Å². The second-order valence-electron chi connectivity index (χ2n) is 6.90. The summed E-state index contributed by atoms with van der Waals surface area (Å²) in [5, 5.41) is 4.95. The van der Waals surface area contributed by atoms with E-state index < -0.39 is 34.5 Å². The summed E-state index contributed by atoms with van der Waals surface area (Å²) in [4.78, 5) is 35.8. The van der Waals surface area contributed by atoms with Crippen LogP contribution in [0.4, 0.5) is 0 Å². The summed E-state index contributed by atoms with van der Waals surface area (Å²) in [5.41, 5.74) is 1.69. The van der Waals surface area contributed by atoms with Crippen molar-refractivity contribution >= 4 is 27.8 Å². The molecular weight excluding hydrogens is 386 g/mol. The van der Waals surface area contributed by atoms with Crippen molar-refractivity contribution in [2.75, 3.05) is 19.4 Å². The van der Waals surface area contributed by atoms with Gasteiger partial charge in [0.05, 0.1) is 12.8 Å². The van der Waals surface area contributed by atoms with Crippen LogP contribution in [0.3, 0.4) is 0 Å².